The van der Waals surface area contributed by atoms with Gasteiger partial charge in [0.05, 0.1) is 11.7 Å². The average Bonchev–Trinajstić information content (AvgIpc) is 2.49. The van der Waals surface area contributed by atoms with Gasteiger partial charge < -0.3 is 10.6 Å². The van der Waals surface area contributed by atoms with Crippen molar-refractivity contribution in [1.82, 2.24) is 14.8 Å². The first kappa shape index (κ1) is 14.4. The Morgan fingerprint density at radius 2 is 2.21 bits per heavy atom. The first-order chi connectivity index (χ1) is 9.30. The van der Waals surface area contributed by atoms with Crippen molar-refractivity contribution in [2.24, 2.45) is 5.73 Å². The predicted molar refractivity (Wildman–Crippen MR) is 78.9 cm³/mol. The highest BCUT2D eigenvalue weighted by atomic mass is 15.3. The number of hydrogen-bond acceptors (Lipinski definition) is 4. The standard InChI is InChI=1S/C15H26N4/c1-3-13-12-18(4-2)9-10-19(13)15(11-16)14-7-5-6-8-17-14/h5-8,13,15H,3-4,9-12,16H2,1-2H3. The molecule has 1 aromatic rings. The Kier molecular flexibility index (Phi) is 5.31. The summed E-state index contributed by atoms with van der Waals surface area (Å²) in [6, 6.07) is 6.95. The molecule has 4 nitrogen and oxygen atoms in total. The summed E-state index contributed by atoms with van der Waals surface area (Å²) in [5.74, 6) is 0. The van der Waals surface area contributed by atoms with E-state index >= 15 is 0 Å². The third-order valence-electron chi connectivity index (χ3n) is 4.18. The highest BCUT2D eigenvalue weighted by Gasteiger charge is 2.31. The Balaban J connectivity index is 2.14. The Labute approximate surface area is 116 Å². The van der Waals surface area contributed by atoms with Crippen LogP contribution in [0.4, 0.5) is 0 Å². The minimum atomic E-state index is 0.255. The number of rotatable bonds is 5. The molecule has 0 saturated carbocycles. The lowest BCUT2D eigenvalue weighted by atomic mass is 10.0. The van der Waals surface area contributed by atoms with Crippen LogP contribution in [0.2, 0.25) is 0 Å². The molecule has 2 unspecified atom stereocenters. The van der Waals surface area contributed by atoms with Crippen molar-refractivity contribution in [3.05, 3.63) is 30.1 Å². The van der Waals surface area contributed by atoms with Crippen LogP contribution in [0, 0.1) is 0 Å². The minimum Gasteiger partial charge on any atom is -0.329 e. The van der Waals surface area contributed by atoms with Crippen molar-refractivity contribution in [3.8, 4) is 0 Å². The Morgan fingerprint density at radius 1 is 1.37 bits per heavy atom. The monoisotopic (exact) mass is 262 g/mol. The van der Waals surface area contributed by atoms with Gasteiger partial charge in [0, 0.05) is 38.4 Å². The van der Waals surface area contributed by atoms with E-state index in [9.17, 15) is 0 Å². The van der Waals surface area contributed by atoms with Crippen LogP contribution in [-0.4, -0.2) is 53.5 Å². The zero-order valence-corrected chi connectivity index (χ0v) is 12.1. The molecule has 1 aromatic heterocycles. The van der Waals surface area contributed by atoms with Gasteiger partial charge in [-0.25, -0.2) is 0 Å². The SMILES string of the molecule is CCC1CN(CC)CCN1C(CN)c1ccccn1. The van der Waals surface area contributed by atoms with Crippen LogP contribution in [0.1, 0.15) is 32.0 Å². The normalized spacial score (nSPS) is 23.4. The van der Waals surface area contributed by atoms with Gasteiger partial charge in [0.1, 0.15) is 0 Å². The van der Waals surface area contributed by atoms with E-state index in [1.165, 1.54) is 6.42 Å². The second kappa shape index (κ2) is 6.98. The molecule has 0 aromatic carbocycles. The van der Waals surface area contributed by atoms with E-state index in [-0.39, 0.29) is 6.04 Å². The molecule has 0 amide bonds. The van der Waals surface area contributed by atoms with Gasteiger partial charge in [-0.3, -0.25) is 9.88 Å². The van der Waals surface area contributed by atoms with Gasteiger partial charge in [-0.1, -0.05) is 19.9 Å². The third-order valence-corrected chi connectivity index (χ3v) is 4.18. The summed E-state index contributed by atoms with van der Waals surface area (Å²) in [4.78, 5) is 9.57. The smallest absolute Gasteiger partial charge is 0.0647 e. The van der Waals surface area contributed by atoms with Gasteiger partial charge >= 0.3 is 0 Å². The van der Waals surface area contributed by atoms with Gasteiger partial charge in [0.2, 0.25) is 0 Å². The van der Waals surface area contributed by atoms with Crippen molar-refractivity contribution in [2.45, 2.75) is 32.4 Å². The number of nitrogens with two attached hydrogens (primary N) is 1. The van der Waals surface area contributed by atoms with Crippen LogP contribution in [0.3, 0.4) is 0 Å². The van der Waals surface area contributed by atoms with Gasteiger partial charge in [-0.05, 0) is 25.1 Å². The molecule has 1 fully saturated rings. The molecular formula is C15H26N4. The first-order valence-electron chi connectivity index (χ1n) is 7.39. The molecule has 0 aliphatic carbocycles. The van der Waals surface area contributed by atoms with E-state index in [1.807, 2.05) is 18.3 Å². The van der Waals surface area contributed by atoms with Crippen LogP contribution in [0.15, 0.2) is 24.4 Å². The topological polar surface area (TPSA) is 45.4 Å². The third kappa shape index (κ3) is 3.32. The van der Waals surface area contributed by atoms with Gasteiger partial charge in [0.25, 0.3) is 0 Å². The molecule has 1 aliphatic heterocycles. The summed E-state index contributed by atoms with van der Waals surface area (Å²) in [7, 11) is 0. The molecule has 0 bridgehead atoms. The summed E-state index contributed by atoms with van der Waals surface area (Å²) in [5, 5.41) is 0. The highest BCUT2D eigenvalue weighted by molar-refractivity contribution is 5.10. The fourth-order valence-electron chi connectivity index (χ4n) is 2.99. The van der Waals surface area contributed by atoms with Gasteiger partial charge in [-0.15, -0.1) is 0 Å². The Hall–Kier alpha value is -0.970. The maximum atomic E-state index is 6.02. The average molecular weight is 262 g/mol. The quantitative estimate of drug-likeness (QED) is 0.873. The molecule has 2 N–H and O–H groups in total. The molecule has 0 radical (unpaired) electrons. The molecule has 1 aliphatic rings. The molecule has 4 heteroatoms. The maximum absolute atomic E-state index is 6.02. The largest absolute Gasteiger partial charge is 0.329 e. The maximum Gasteiger partial charge on any atom is 0.0647 e. The van der Waals surface area contributed by atoms with Gasteiger partial charge in [-0.2, -0.15) is 0 Å². The summed E-state index contributed by atoms with van der Waals surface area (Å²) in [6.07, 6.45) is 3.03. The number of hydrogen-bond donors (Lipinski definition) is 1. The summed E-state index contributed by atoms with van der Waals surface area (Å²) < 4.78 is 0. The number of nitrogens with zero attached hydrogens (tertiary/aromatic N) is 3. The summed E-state index contributed by atoms with van der Waals surface area (Å²) >= 11 is 0. The fourth-order valence-corrected chi connectivity index (χ4v) is 2.99. The van der Waals surface area contributed by atoms with Crippen molar-refractivity contribution < 1.29 is 0 Å². The lowest BCUT2D eigenvalue weighted by Gasteiger charge is -2.44. The van der Waals surface area contributed by atoms with E-state index in [4.69, 9.17) is 5.73 Å². The molecule has 1 saturated heterocycles. The second-order valence-electron chi connectivity index (χ2n) is 5.20. The summed E-state index contributed by atoms with van der Waals surface area (Å²) in [6.45, 7) is 9.66. The molecule has 2 rings (SSSR count). The molecule has 106 valence electrons. The number of pyridine rings is 1. The summed E-state index contributed by atoms with van der Waals surface area (Å²) in [5.41, 5.74) is 7.13. The highest BCUT2D eigenvalue weighted by Crippen LogP contribution is 2.24. The van der Waals surface area contributed by atoms with Crippen molar-refractivity contribution in [2.75, 3.05) is 32.7 Å². The number of piperazine rings is 1. The van der Waals surface area contributed by atoms with Crippen LogP contribution < -0.4 is 5.73 Å². The zero-order valence-electron chi connectivity index (χ0n) is 12.1. The van der Waals surface area contributed by atoms with E-state index < -0.39 is 0 Å². The van der Waals surface area contributed by atoms with E-state index in [1.54, 1.807) is 0 Å². The van der Waals surface area contributed by atoms with E-state index in [0.29, 0.717) is 12.6 Å². The minimum absolute atomic E-state index is 0.255. The number of aromatic nitrogens is 1. The molecule has 19 heavy (non-hydrogen) atoms. The second-order valence-corrected chi connectivity index (χ2v) is 5.20. The molecular weight excluding hydrogens is 236 g/mol. The first-order valence-corrected chi connectivity index (χ1v) is 7.39. The van der Waals surface area contributed by atoms with Gasteiger partial charge in [0.15, 0.2) is 0 Å². The lowest BCUT2D eigenvalue weighted by Crippen LogP contribution is -2.55. The Bertz CT molecular complexity index is 368. The molecule has 0 spiro atoms. The molecule has 2 atom stereocenters. The van der Waals surface area contributed by atoms with Crippen LogP contribution in [0.5, 0.6) is 0 Å². The molecule has 2 heterocycles. The fraction of sp³-hybridized carbons (Fsp3) is 0.667. The number of likely N-dealkylation sites (N-methyl/N-ethyl adjacent to an activating group) is 1. The van der Waals surface area contributed by atoms with E-state index in [2.05, 4.69) is 34.7 Å². The zero-order chi connectivity index (χ0) is 13.7. The van der Waals surface area contributed by atoms with Crippen LogP contribution in [-0.2, 0) is 0 Å². The lowest BCUT2D eigenvalue weighted by molar-refractivity contribution is 0.0414. The predicted octanol–water partition coefficient (Wildman–Crippen LogP) is 1.50. The van der Waals surface area contributed by atoms with Crippen LogP contribution >= 0.6 is 0 Å². The van der Waals surface area contributed by atoms with Crippen LogP contribution in [0.25, 0.3) is 0 Å². The Morgan fingerprint density at radius 3 is 2.79 bits per heavy atom. The van der Waals surface area contributed by atoms with Crippen molar-refractivity contribution >= 4 is 0 Å². The van der Waals surface area contributed by atoms with Crippen molar-refractivity contribution in [1.29, 1.82) is 0 Å². The van der Waals surface area contributed by atoms with E-state index in [0.717, 1.165) is 31.9 Å². The van der Waals surface area contributed by atoms with Crippen molar-refractivity contribution in [3.63, 3.8) is 0 Å².